The van der Waals surface area contributed by atoms with E-state index in [1.165, 1.54) is 32.1 Å². The average molecular weight is 382 g/mol. The smallest absolute Gasteiger partial charge is 0.255 e. The van der Waals surface area contributed by atoms with Gasteiger partial charge in [-0.05, 0) is 53.3 Å². The summed E-state index contributed by atoms with van der Waals surface area (Å²) in [6.07, 6.45) is 7.08. The number of carbonyl (C=O) groups excluding carboxylic acids is 1. The van der Waals surface area contributed by atoms with Crippen molar-refractivity contribution in [2.24, 2.45) is 0 Å². The molecule has 1 aromatic carbocycles. The normalized spacial score (nSPS) is 16.7. The van der Waals surface area contributed by atoms with Crippen molar-refractivity contribution < 1.29 is 9.53 Å². The van der Waals surface area contributed by atoms with Gasteiger partial charge in [-0.2, -0.15) is 0 Å². The Morgan fingerprint density at radius 2 is 1.96 bits per heavy atom. The van der Waals surface area contributed by atoms with Gasteiger partial charge in [0.15, 0.2) is 0 Å². The van der Waals surface area contributed by atoms with Gasteiger partial charge >= 0.3 is 0 Å². The lowest BCUT2D eigenvalue weighted by molar-refractivity contribution is 0.0833. The molecule has 0 spiro atoms. The van der Waals surface area contributed by atoms with Crippen LogP contribution < -0.4 is 15.8 Å². The number of hydrogen-bond acceptors (Lipinski definition) is 4. The van der Waals surface area contributed by atoms with Gasteiger partial charge in [0.2, 0.25) is 0 Å². The molecule has 1 aliphatic rings. The lowest BCUT2D eigenvalue weighted by atomic mass is 9.78. The average Bonchev–Trinajstić information content (AvgIpc) is 2.58. The van der Waals surface area contributed by atoms with E-state index in [9.17, 15) is 4.79 Å². The summed E-state index contributed by atoms with van der Waals surface area (Å²) < 4.78 is 5.75. The zero-order chi connectivity index (χ0) is 19.3. The maximum absolute atomic E-state index is 12.7. The number of benzene rings is 1. The van der Waals surface area contributed by atoms with Gasteiger partial charge in [-0.15, -0.1) is 0 Å². The molecule has 0 atom stereocenters. The predicted molar refractivity (Wildman–Crippen MR) is 108 cm³/mol. The highest BCUT2D eigenvalue weighted by Gasteiger charge is 2.33. The summed E-state index contributed by atoms with van der Waals surface area (Å²) in [6, 6.07) is 3.21. The zero-order valence-electron chi connectivity index (χ0n) is 16.4. The third kappa shape index (κ3) is 5.04. The first kappa shape index (κ1) is 20.8. The molecule has 0 radical (unpaired) electrons. The van der Waals surface area contributed by atoms with E-state index in [0.717, 1.165) is 6.42 Å². The van der Waals surface area contributed by atoms with E-state index in [-0.39, 0.29) is 17.6 Å². The van der Waals surface area contributed by atoms with Crippen molar-refractivity contribution in [1.82, 2.24) is 10.2 Å². The standard InChI is InChI=1S/C20H32ClN3O2/c1-14(2)26-18-13-17(22)16(21)12-15(18)19(25)23-11-10-20(24(3)4)8-6-5-7-9-20/h12-14H,5-11,22H2,1-4H3,(H,23,25). The van der Waals surface area contributed by atoms with E-state index in [2.05, 4.69) is 24.3 Å². The molecule has 26 heavy (non-hydrogen) atoms. The van der Waals surface area contributed by atoms with Crippen molar-refractivity contribution in [2.45, 2.75) is 64.0 Å². The highest BCUT2D eigenvalue weighted by Crippen LogP contribution is 2.35. The molecule has 0 aliphatic heterocycles. The van der Waals surface area contributed by atoms with Gasteiger partial charge in [0.05, 0.1) is 22.4 Å². The fourth-order valence-corrected chi connectivity index (χ4v) is 3.90. The Kier molecular flexibility index (Phi) is 7.18. The van der Waals surface area contributed by atoms with Crippen LogP contribution in [0.4, 0.5) is 5.69 Å². The number of ether oxygens (including phenoxy) is 1. The summed E-state index contributed by atoms with van der Waals surface area (Å²) in [4.78, 5) is 15.0. The Balaban J connectivity index is 2.06. The number of nitrogens with two attached hydrogens (primary N) is 1. The van der Waals surface area contributed by atoms with Crippen molar-refractivity contribution in [3.8, 4) is 5.75 Å². The lowest BCUT2D eigenvalue weighted by Crippen LogP contribution is -2.48. The second-order valence-corrected chi connectivity index (χ2v) is 8.13. The minimum atomic E-state index is -0.174. The molecule has 0 aromatic heterocycles. The van der Waals surface area contributed by atoms with Gasteiger partial charge in [-0.1, -0.05) is 30.9 Å². The summed E-state index contributed by atoms with van der Waals surface area (Å²) in [6.45, 7) is 4.45. The second kappa shape index (κ2) is 8.96. The molecule has 1 saturated carbocycles. The summed E-state index contributed by atoms with van der Waals surface area (Å²) >= 11 is 6.12. The number of nitrogens with zero attached hydrogens (tertiary/aromatic N) is 1. The maximum atomic E-state index is 12.7. The minimum Gasteiger partial charge on any atom is -0.490 e. The van der Waals surface area contributed by atoms with E-state index in [1.54, 1.807) is 12.1 Å². The third-order valence-electron chi connectivity index (χ3n) is 5.32. The summed E-state index contributed by atoms with van der Waals surface area (Å²) in [5.41, 5.74) is 6.89. The number of nitrogen functional groups attached to an aromatic ring is 1. The summed E-state index contributed by atoms with van der Waals surface area (Å²) in [5.74, 6) is 0.298. The minimum absolute atomic E-state index is 0.0543. The Labute approximate surface area is 162 Å². The highest BCUT2D eigenvalue weighted by molar-refractivity contribution is 6.33. The number of anilines is 1. The molecule has 1 aliphatic carbocycles. The van der Waals surface area contributed by atoms with Gasteiger partial charge in [-0.3, -0.25) is 4.79 Å². The molecule has 1 fully saturated rings. The first-order valence-corrected chi connectivity index (χ1v) is 9.84. The highest BCUT2D eigenvalue weighted by atomic mass is 35.5. The van der Waals surface area contributed by atoms with Crippen LogP contribution in [0.15, 0.2) is 12.1 Å². The number of carbonyl (C=O) groups is 1. The van der Waals surface area contributed by atoms with E-state index in [4.69, 9.17) is 22.1 Å². The van der Waals surface area contributed by atoms with Crippen LogP contribution in [0.1, 0.15) is 62.7 Å². The van der Waals surface area contributed by atoms with Gasteiger partial charge in [0.25, 0.3) is 5.91 Å². The zero-order valence-corrected chi connectivity index (χ0v) is 17.2. The Hall–Kier alpha value is -1.46. The SMILES string of the molecule is CC(C)Oc1cc(N)c(Cl)cc1C(=O)NCCC1(N(C)C)CCCCC1. The Morgan fingerprint density at radius 1 is 1.31 bits per heavy atom. The number of hydrogen-bond donors (Lipinski definition) is 2. The van der Waals surface area contributed by atoms with E-state index >= 15 is 0 Å². The summed E-state index contributed by atoms with van der Waals surface area (Å²) in [5, 5.41) is 3.41. The Morgan fingerprint density at radius 3 is 2.54 bits per heavy atom. The van der Waals surface area contributed by atoms with Crippen molar-refractivity contribution >= 4 is 23.2 Å². The quantitative estimate of drug-likeness (QED) is 0.698. The van der Waals surface area contributed by atoms with E-state index < -0.39 is 0 Å². The molecule has 2 rings (SSSR count). The molecule has 5 nitrogen and oxygen atoms in total. The van der Waals surface area contributed by atoms with Crippen molar-refractivity contribution in [3.05, 3.63) is 22.7 Å². The Bertz CT molecular complexity index is 626. The number of halogens is 1. The molecule has 1 aromatic rings. The van der Waals surface area contributed by atoms with Gasteiger partial charge in [0.1, 0.15) is 5.75 Å². The van der Waals surface area contributed by atoms with Gasteiger partial charge < -0.3 is 20.7 Å². The van der Waals surface area contributed by atoms with Crippen molar-refractivity contribution in [3.63, 3.8) is 0 Å². The van der Waals surface area contributed by atoms with Crippen LogP contribution in [0.2, 0.25) is 5.02 Å². The predicted octanol–water partition coefficient (Wildman–Crippen LogP) is 4.09. The molecule has 3 N–H and O–H groups in total. The topological polar surface area (TPSA) is 67.6 Å². The molecule has 0 saturated heterocycles. The monoisotopic (exact) mass is 381 g/mol. The first-order chi connectivity index (χ1) is 12.2. The van der Waals surface area contributed by atoms with Crippen molar-refractivity contribution in [2.75, 3.05) is 26.4 Å². The lowest BCUT2D eigenvalue weighted by Gasteiger charge is -2.43. The van der Waals surface area contributed by atoms with E-state index in [0.29, 0.717) is 28.6 Å². The van der Waals surface area contributed by atoms with Gasteiger partial charge in [0, 0.05) is 18.2 Å². The number of nitrogens with one attached hydrogen (secondary N) is 1. The van der Waals surface area contributed by atoms with Crippen LogP contribution in [0, 0.1) is 0 Å². The van der Waals surface area contributed by atoms with Crippen LogP contribution in [-0.2, 0) is 0 Å². The van der Waals surface area contributed by atoms with Crippen LogP contribution in [0.3, 0.4) is 0 Å². The molecule has 146 valence electrons. The largest absolute Gasteiger partial charge is 0.490 e. The number of amides is 1. The summed E-state index contributed by atoms with van der Waals surface area (Å²) in [7, 11) is 4.28. The second-order valence-electron chi connectivity index (χ2n) is 7.72. The molecule has 0 heterocycles. The fourth-order valence-electron chi connectivity index (χ4n) is 3.73. The molecular formula is C20H32ClN3O2. The maximum Gasteiger partial charge on any atom is 0.255 e. The van der Waals surface area contributed by atoms with E-state index in [1.807, 2.05) is 13.8 Å². The molecular weight excluding hydrogens is 350 g/mol. The van der Waals surface area contributed by atoms with Crippen LogP contribution >= 0.6 is 11.6 Å². The van der Waals surface area contributed by atoms with Gasteiger partial charge in [-0.25, -0.2) is 0 Å². The number of rotatable bonds is 7. The molecule has 0 unspecified atom stereocenters. The first-order valence-electron chi connectivity index (χ1n) is 9.46. The van der Waals surface area contributed by atoms with Crippen LogP contribution in [-0.4, -0.2) is 43.1 Å². The van der Waals surface area contributed by atoms with Crippen LogP contribution in [0.5, 0.6) is 5.75 Å². The molecule has 0 bridgehead atoms. The van der Waals surface area contributed by atoms with Crippen LogP contribution in [0.25, 0.3) is 0 Å². The molecule has 6 heteroatoms. The fraction of sp³-hybridized carbons (Fsp3) is 0.650. The third-order valence-corrected chi connectivity index (χ3v) is 5.64. The van der Waals surface area contributed by atoms with Crippen molar-refractivity contribution in [1.29, 1.82) is 0 Å². The molecule has 1 amide bonds.